The topological polar surface area (TPSA) is 98.7 Å². The van der Waals surface area contributed by atoms with Crippen LogP contribution in [-0.2, 0) is 14.4 Å². The summed E-state index contributed by atoms with van der Waals surface area (Å²) in [7, 11) is 0. The van der Waals surface area contributed by atoms with Gasteiger partial charge in [0.1, 0.15) is 6.04 Å². The molecule has 7 heteroatoms. The Bertz CT molecular complexity index is 345. The molecule has 7 nitrogen and oxygen atoms in total. The zero-order valence-corrected chi connectivity index (χ0v) is 10.6. The van der Waals surface area contributed by atoms with Crippen molar-refractivity contribution in [3.63, 3.8) is 0 Å². The van der Waals surface area contributed by atoms with Gasteiger partial charge < -0.3 is 15.7 Å². The number of carboxylic acids is 1. The average Bonchev–Trinajstić information content (AvgIpc) is 2.62. The number of carboxylic acid groups (broad SMARTS) is 1. The second kappa shape index (κ2) is 6.34. The number of amides is 2. The predicted octanol–water partition coefficient (Wildman–Crippen LogP) is -1.21. The first-order valence-electron chi connectivity index (χ1n) is 5.88. The van der Waals surface area contributed by atoms with Crippen LogP contribution in [0.2, 0.25) is 0 Å². The van der Waals surface area contributed by atoms with E-state index in [4.69, 9.17) is 5.11 Å². The van der Waals surface area contributed by atoms with E-state index in [-0.39, 0.29) is 24.4 Å². The molecule has 0 spiro atoms. The van der Waals surface area contributed by atoms with Crippen LogP contribution in [0.4, 0.5) is 0 Å². The van der Waals surface area contributed by atoms with Gasteiger partial charge in [0.05, 0.1) is 0 Å². The molecule has 0 aromatic rings. The number of aliphatic carboxylic acids is 1. The molecule has 0 aromatic heterocycles. The normalized spacial score (nSPS) is 21.3. The number of hydrogen-bond donors (Lipinski definition) is 3. The minimum absolute atomic E-state index is 0.0641. The van der Waals surface area contributed by atoms with Crippen molar-refractivity contribution in [2.75, 3.05) is 19.6 Å². The van der Waals surface area contributed by atoms with Crippen LogP contribution in [0.5, 0.6) is 0 Å². The summed E-state index contributed by atoms with van der Waals surface area (Å²) < 4.78 is 0. The van der Waals surface area contributed by atoms with Crippen molar-refractivity contribution >= 4 is 17.8 Å². The van der Waals surface area contributed by atoms with Gasteiger partial charge >= 0.3 is 5.97 Å². The molecule has 1 rings (SSSR count). The molecule has 0 saturated carbocycles. The molecule has 1 aliphatic heterocycles. The number of carbonyl (C=O) groups is 3. The van der Waals surface area contributed by atoms with E-state index in [0.29, 0.717) is 13.1 Å². The fourth-order valence-electron chi connectivity index (χ4n) is 2.09. The van der Waals surface area contributed by atoms with Crippen LogP contribution in [-0.4, -0.2) is 59.5 Å². The summed E-state index contributed by atoms with van der Waals surface area (Å²) in [6.07, 6.45) is 0.798. The van der Waals surface area contributed by atoms with Gasteiger partial charge in [-0.2, -0.15) is 0 Å². The van der Waals surface area contributed by atoms with E-state index in [2.05, 4.69) is 10.6 Å². The molecule has 2 atom stereocenters. The first-order valence-corrected chi connectivity index (χ1v) is 5.88. The first kappa shape index (κ1) is 14.4. The fraction of sp³-hybridized carbons (Fsp3) is 0.727. The van der Waals surface area contributed by atoms with Gasteiger partial charge in [0.15, 0.2) is 0 Å². The maximum atomic E-state index is 11.0. The third-order valence-corrected chi connectivity index (χ3v) is 2.80. The molecule has 0 radical (unpaired) electrons. The molecule has 0 aromatic carbocycles. The Kier molecular flexibility index (Phi) is 5.08. The van der Waals surface area contributed by atoms with Gasteiger partial charge in [-0.3, -0.25) is 14.5 Å². The van der Waals surface area contributed by atoms with Crippen molar-refractivity contribution in [2.24, 2.45) is 0 Å². The van der Waals surface area contributed by atoms with Gasteiger partial charge in [-0.25, -0.2) is 4.79 Å². The summed E-state index contributed by atoms with van der Waals surface area (Å²) in [6.45, 7) is 4.34. The van der Waals surface area contributed by atoms with Crippen LogP contribution in [0.1, 0.15) is 20.3 Å². The van der Waals surface area contributed by atoms with E-state index in [1.165, 1.54) is 13.8 Å². The van der Waals surface area contributed by atoms with E-state index < -0.39 is 12.0 Å². The lowest BCUT2D eigenvalue weighted by Crippen LogP contribution is -2.48. The van der Waals surface area contributed by atoms with Crippen LogP contribution < -0.4 is 10.6 Å². The number of nitrogens with one attached hydrogen (secondary N) is 2. The summed E-state index contributed by atoms with van der Waals surface area (Å²) in [5.74, 6) is -1.49. The zero-order chi connectivity index (χ0) is 13.7. The van der Waals surface area contributed by atoms with Gasteiger partial charge in [-0.15, -0.1) is 0 Å². The molecule has 2 unspecified atom stereocenters. The van der Waals surface area contributed by atoms with E-state index in [1.807, 2.05) is 4.90 Å². The standard InChI is InChI=1S/C11H19N3O4/c1-7(15)12-9-3-4-14(5-9)6-10(11(17)18)13-8(2)16/h9-10H,3-6H2,1-2H3,(H,12,15)(H,13,16)(H,17,18). The summed E-state index contributed by atoms with van der Waals surface area (Å²) in [6, 6.07) is -0.840. The molecule has 1 heterocycles. The Labute approximate surface area is 106 Å². The highest BCUT2D eigenvalue weighted by Crippen LogP contribution is 2.09. The Morgan fingerprint density at radius 3 is 2.50 bits per heavy atom. The molecular formula is C11H19N3O4. The van der Waals surface area contributed by atoms with Gasteiger partial charge in [-0.1, -0.05) is 0 Å². The van der Waals surface area contributed by atoms with E-state index in [9.17, 15) is 14.4 Å². The third-order valence-electron chi connectivity index (χ3n) is 2.80. The van der Waals surface area contributed by atoms with Crippen LogP contribution in [0.25, 0.3) is 0 Å². The Balaban J connectivity index is 2.44. The smallest absolute Gasteiger partial charge is 0.327 e. The highest BCUT2D eigenvalue weighted by molar-refractivity contribution is 5.82. The van der Waals surface area contributed by atoms with Gasteiger partial charge in [0, 0.05) is 39.5 Å². The molecule has 0 bridgehead atoms. The number of carbonyl (C=O) groups excluding carboxylic acids is 2. The third kappa shape index (κ3) is 4.70. The quantitative estimate of drug-likeness (QED) is 0.574. The van der Waals surface area contributed by atoms with E-state index in [0.717, 1.165) is 6.42 Å². The van der Waals surface area contributed by atoms with Crippen molar-refractivity contribution in [2.45, 2.75) is 32.4 Å². The van der Waals surface area contributed by atoms with Crippen molar-refractivity contribution in [1.82, 2.24) is 15.5 Å². The second-order valence-electron chi connectivity index (χ2n) is 4.54. The minimum Gasteiger partial charge on any atom is -0.480 e. The monoisotopic (exact) mass is 257 g/mol. The van der Waals surface area contributed by atoms with Crippen molar-refractivity contribution in [1.29, 1.82) is 0 Å². The van der Waals surface area contributed by atoms with Crippen LogP contribution in [0, 0.1) is 0 Å². The van der Waals surface area contributed by atoms with Gasteiger partial charge in [-0.05, 0) is 6.42 Å². The maximum Gasteiger partial charge on any atom is 0.327 e. The fourth-order valence-corrected chi connectivity index (χ4v) is 2.09. The van der Waals surface area contributed by atoms with Crippen LogP contribution in [0.15, 0.2) is 0 Å². The Hall–Kier alpha value is -1.63. The van der Waals surface area contributed by atoms with Crippen molar-refractivity contribution in [3.8, 4) is 0 Å². The number of hydrogen-bond acceptors (Lipinski definition) is 4. The largest absolute Gasteiger partial charge is 0.480 e. The van der Waals surface area contributed by atoms with Crippen LogP contribution in [0.3, 0.4) is 0 Å². The molecular weight excluding hydrogens is 238 g/mol. The van der Waals surface area contributed by atoms with Gasteiger partial charge in [0.25, 0.3) is 0 Å². The molecule has 1 aliphatic rings. The highest BCUT2D eigenvalue weighted by atomic mass is 16.4. The second-order valence-corrected chi connectivity index (χ2v) is 4.54. The molecule has 3 N–H and O–H groups in total. The molecule has 1 fully saturated rings. The summed E-state index contributed by atoms with van der Waals surface area (Å²) in [4.78, 5) is 34.7. The highest BCUT2D eigenvalue weighted by Gasteiger charge is 2.28. The number of likely N-dealkylation sites (tertiary alicyclic amines) is 1. The Morgan fingerprint density at radius 2 is 2.00 bits per heavy atom. The van der Waals surface area contributed by atoms with E-state index in [1.54, 1.807) is 0 Å². The summed E-state index contributed by atoms with van der Waals surface area (Å²) in [5.41, 5.74) is 0. The molecule has 2 amide bonds. The Morgan fingerprint density at radius 1 is 1.33 bits per heavy atom. The van der Waals surface area contributed by atoms with Crippen molar-refractivity contribution in [3.05, 3.63) is 0 Å². The lowest BCUT2D eigenvalue weighted by atomic mass is 10.2. The van der Waals surface area contributed by atoms with Crippen LogP contribution >= 0.6 is 0 Å². The first-order chi connectivity index (χ1) is 8.38. The SMILES string of the molecule is CC(=O)NC1CCN(CC(NC(C)=O)C(=O)O)C1. The minimum atomic E-state index is -1.05. The predicted molar refractivity (Wildman–Crippen MR) is 63.9 cm³/mol. The molecule has 102 valence electrons. The lowest BCUT2D eigenvalue weighted by Gasteiger charge is -2.21. The number of rotatable bonds is 5. The molecule has 0 aliphatic carbocycles. The molecule has 18 heavy (non-hydrogen) atoms. The molecule has 1 saturated heterocycles. The number of nitrogens with zero attached hydrogens (tertiary/aromatic N) is 1. The average molecular weight is 257 g/mol. The van der Waals surface area contributed by atoms with Gasteiger partial charge in [0.2, 0.25) is 11.8 Å². The zero-order valence-electron chi connectivity index (χ0n) is 10.6. The maximum absolute atomic E-state index is 11.0. The summed E-state index contributed by atoms with van der Waals surface area (Å²) >= 11 is 0. The van der Waals surface area contributed by atoms with E-state index >= 15 is 0 Å². The van der Waals surface area contributed by atoms with Crippen molar-refractivity contribution < 1.29 is 19.5 Å². The summed E-state index contributed by atoms with van der Waals surface area (Å²) in [5, 5.41) is 14.2. The lowest BCUT2D eigenvalue weighted by molar-refractivity contribution is -0.142.